The van der Waals surface area contributed by atoms with Gasteiger partial charge in [0, 0.05) is 25.7 Å². The van der Waals surface area contributed by atoms with Gasteiger partial charge in [-0.2, -0.15) is 5.10 Å². The molecule has 0 unspecified atom stereocenters. The SMILES string of the molecule is COc1ccccc1COC1CCN(c2cnn(C)c(=O)c2Cl)CC1. The molecule has 3 rings (SSSR count). The molecule has 0 spiro atoms. The van der Waals surface area contributed by atoms with Crippen molar-refractivity contribution in [2.45, 2.75) is 25.6 Å². The summed E-state index contributed by atoms with van der Waals surface area (Å²) < 4.78 is 12.6. The molecule has 1 aliphatic rings. The minimum absolute atomic E-state index is 0.180. The van der Waals surface area contributed by atoms with Crippen LogP contribution in [0.4, 0.5) is 5.69 Å². The smallest absolute Gasteiger partial charge is 0.287 e. The van der Waals surface area contributed by atoms with Gasteiger partial charge in [0.25, 0.3) is 5.56 Å². The summed E-state index contributed by atoms with van der Waals surface area (Å²) in [5.74, 6) is 0.845. The van der Waals surface area contributed by atoms with E-state index in [4.69, 9.17) is 21.1 Å². The number of benzene rings is 1. The number of piperidine rings is 1. The quantitative estimate of drug-likeness (QED) is 0.817. The molecular formula is C18H22ClN3O3. The monoisotopic (exact) mass is 363 g/mol. The Balaban J connectivity index is 1.57. The number of halogens is 1. The van der Waals surface area contributed by atoms with Gasteiger partial charge in [0.2, 0.25) is 0 Å². The molecule has 7 heteroatoms. The van der Waals surface area contributed by atoms with Crippen molar-refractivity contribution in [3.05, 3.63) is 51.4 Å². The molecular weight excluding hydrogens is 342 g/mol. The molecule has 6 nitrogen and oxygen atoms in total. The molecule has 1 aromatic carbocycles. The zero-order valence-electron chi connectivity index (χ0n) is 14.4. The van der Waals surface area contributed by atoms with Gasteiger partial charge < -0.3 is 14.4 Å². The number of ether oxygens (including phenoxy) is 2. The fourth-order valence-corrected chi connectivity index (χ4v) is 3.31. The van der Waals surface area contributed by atoms with E-state index in [0.717, 1.165) is 37.2 Å². The van der Waals surface area contributed by atoms with E-state index in [1.165, 1.54) is 4.68 Å². The first kappa shape index (κ1) is 17.8. The predicted octanol–water partition coefficient (Wildman–Crippen LogP) is 2.63. The molecule has 0 amide bonds. The molecule has 1 saturated heterocycles. The van der Waals surface area contributed by atoms with E-state index in [1.54, 1.807) is 20.4 Å². The third kappa shape index (κ3) is 3.96. The van der Waals surface area contributed by atoms with Gasteiger partial charge in [0.15, 0.2) is 0 Å². The second-order valence-corrected chi connectivity index (χ2v) is 6.46. The van der Waals surface area contributed by atoms with Crippen LogP contribution in [0.1, 0.15) is 18.4 Å². The Bertz CT molecular complexity index is 785. The highest BCUT2D eigenvalue weighted by atomic mass is 35.5. The molecule has 0 aliphatic carbocycles. The van der Waals surface area contributed by atoms with Crippen LogP contribution in [0.15, 0.2) is 35.3 Å². The predicted molar refractivity (Wildman–Crippen MR) is 97.5 cm³/mol. The first-order valence-corrected chi connectivity index (χ1v) is 8.68. The van der Waals surface area contributed by atoms with E-state index in [-0.39, 0.29) is 16.7 Å². The minimum atomic E-state index is -0.270. The van der Waals surface area contributed by atoms with Crippen molar-refractivity contribution in [2.75, 3.05) is 25.1 Å². The Hall–Kier alpha value is -2.05. The van der Waals surface area contributed by atoms with E-state index >= 15 is 0 Å². The fourth-order valence-electron chi connectivity index (χ4n) is 3.02. The summed E-state index contributed by atoms with van der Waals surface area (Å²) in [6, 6.07) is 7.88. The summed E-state index contributed by atoms with van der Waals surface area (Å²) in [7, 11) is 3.26. The molecule has 1 aromatic heterocycles. The zero-order valence-corrected chi connectivity index (χ0v) is 15.2. The molecule has 0 N–H and O–H groups in total. The van der Waals surface area contributed by atoms with Gasteiger partial charge in [0.1, 0.15) is 10.8 Å². The van der Waals surface area contributed by atoms with E-state index in [9.17, 15) is 4.79 Å². The molecule has 25 heavy (non-hydrogen) atoms. The zero-order chi connectivity index (χ0) is 17.8. The highest BCUT2D eigenvalue weighted by molar-refractivity contribution is 6.33. The Kier molecular flexibility index (Phi) is 5.60. The van der Waals surface area contributed by atoms with Crippen LogP contribution in [0.2, 0.25) is 5.02 Å². The molecule has 134 valence electrons. The fraction of sp³-hybridized carbons (Fsp3) is 0.444. The number of nitrogens with zero attached hydrogens (tertiary/aromatic N) is 3. The van der Waals surface area contributed by atoms with Crippen molar-refractivity contribution in [2.24, 2.45) is 7.05 Å². The Morgan fingerprint density at radius 2 is 2.00 bits per heavy atom. The minimum Gasteiger partial charge on any atom is -0.496 e. The highest BCUT2D eigenvalue weighted by Gasteiger charge is 2.23. The Morgan fingerprint density at radius 3 is 2.72 bits per heavy atom. The number of anilines is 1. The number of hydrogen-bond acceptors (Lipinski definition) is 5. The summed E-state index contributed by atoms with van der Waals surface area (Å²) >= 11 is 6.18. The second kappa shape index (κ2) is 7.89. The van der Waals surface area contributed by atoms with Crippen molar-refractivity contribution in [3.63, 3.8) is 0 Å². The summed E-state index contributed by atoms with van der Waals surface area (Å²) in [4.78, 5) is 14.0. The van der Waals surface area contributed by atoms with Crippen LogP contribution in [0.3, 0.4) is 0 Å². The lowest BCUT2D eigenvalue weighted by atomic mass is 10.1. The van der Waals surface area contributed by atoms with Gasteiger partial charge >= 0.3 is 0 Å². The summed E-state index contributed by atoms with van der Waals surface area (Å²) in [6.07, 6.45) is 3.58. The van der Waals surface area contributed by atoms with Crippen LogP contribution < -0.4 is 15.2 Å². The van der Waals surface area contributed by atoms with Crippen molar-refractivity contribution in [1.82, 2.24) is 9.78 Å². The van der Waals surface area contributed by atoms with Crippen LogP contribution in [0.25, 0.3) is 0 Å². The Morgan fingerprint density at radius 1 is 1.28 bits per heavy atom. The lowest BCUT2D eigenvalue weighted by Gasteiger charge is -2.33. The summed E-state index contributed by atoms with van der Waals surface area (Å²) in [6.45, 7) is 2.10. The van der Waals surface area contributed by atoms with Crippen LogP contribution >= 0.6 is 11.6 Å². The van der Waals surface area contributed by atoms with Crippen LogP contribution in [0.5, 0.6) is 5.75 Å². The maximum atomic E-state index is 11.9. The lowest BCUT2D eigenvalue weighted by molar-refractivity contribution is 0.0242. The number of aryl methyl sites for hydroxylation is 1. The van der Waals surface area contributed by atoms with Crippen molar-refractivity contribution in [1.29, 1.82) is 0 Å². The van der Waals surface area contributed by atoms with E-state index < -0.39 is 0 Å². The van der Waals surface area contributed by atoms with Gasteiger partial charge in [-0.3, -0.25) is 4.79 Å². The summed E-state index contributed by atoms with van der Waals surface area (Å²) in [5, 5.41) is 4.29. The molecule has 1 aliphatic heterocycles. The molecule has 2 aromatic rings. The molecule has 0 bridgehead atoms. The maximum Gasteiger partial charge on any atom is 0.287 e. The van der Waals surface area contributed by atoms with E-state index in [1.807, 2.05) is 24.3 Å². The van der Waals surface area contributed by atoms with Crippen molar-refractivity contribution in [3.8, 4) is 5.75 Å². The third-order valence-corrected chi connectivity index (χ3v) is 4.86. The number of hydrogen-bond donors (Lipinski definition) is 0. The van der Waals surface area contributed by atoms with Gasteiger partial charge in [-0.1, -0.05) is 29.8 Å². The average molecular weight is 364 g/mol. The number of rotatable bonds is 5. The highest BCUT2D eigenvalue weighted by Crippen LogP contribution is 2.26. The average Bonchev–Trinajstić information content (AvgIpc) is 2.65. The first-order valence-electron chi connectivity index (χ1n) is 8.30. The Labute approximate surface area is 151 Å². The largest absolute Gasteiger partial charge is 0.496 e. The van der Waals surface area contributed by atoms with Gasteiger partial charge in [-0.15, -0.1) is 0 Å². The van der Waals surface area contributed by atoms with Gasteiger partial charge in [0.05, 0.1) is 31.7 Å². The van der Waals surface area contributed by atoms with Gasteiger partial charge in [-0.05, 0) is 18.9 Å². The normalized spacial score (nSPS) is 15.4. The lowest BCUT2D eigenvalue weighted by Crippen LogP contribution is -2.38. The second-order valence-electron chi connectivity index (χ2n) is 6.08. The van der Waals surface area contributed by atoms with Crippen molar-refractivity contribution < 1.29 is 9.47 Å². The van der Waals surface area contributed by atoms with E-state index in [2.05, 4.69) is 10.00 Å². The summed E-state index contributed by atoms with van der Waals surface area (Å²) in [5.41, 5.74) is 1.48. The first-order chi connectivity index (χ1) is 12.1. The molecule has 0 radical (unpaired) electrons. The molecule has 2 heterocycles. The number of para-hydroxylation sites is 1. The van der Waals surface area contributed by atoms with Crippen molar-refractivity contribution >= 4 is 17.3 Å². The number of methoxy groups -OCH3 is 1. The van der Waals surface area contributed by atoms with Crippen LogP contribution in [-0.2, 0) is 18.4 Å². The molecule has 0 saturated carbocycles. The third-order valence-electron chi connectivity index (χ3n) is 4.51. The molecule has 0 atom stereocenters. The van der Waals surface area contributed by atoms with Gasteiger partial charge in [-0.25, -0.2) is 4.68 Å². The van der Waals surface area contributed by atoms with Crippen LogP contribution in [0, 0.1) is 0 Å². The molecule has 1 fully saturated rings. The number of aromatic nitrogens is 2. The maximum absolute atomic E-state index is 11.9. The van der Waals surface area contributed by atoms with Crippen LogP contribution in [-0.4, -0.2) is 36.1 Å². The standard InChI is InChI=1S/C18H22ClN3O3/c1-21-18(23)17(19)15(11-20-21)22-9-7-14(8-10-22)25-12-13-5-3-4-6-16(13)24-2/h3-6,11,14H,7-10,12H2,1-2H3. The van der Waals surface area contributed by atoms with E-state index in [0.29, 0.717) is 12.3 Å². The topological polar surface area (TPSA) is 56.6 Å².